The summed E-state index contributed by atoms with van der Waals surface area (Å²) in [5.41, 5.74) is -1.21. The van der Waals surface area contributed by atoms with Gasteiger partial charge in [-0.25, -0.2) is 22.2 Å². The molecule has 1 fully saturated rings. The van der Waals surface area contributed by atoms with Gasteiger partial charge in [-0.3, -0.25) is 9.36 Å². The smallest absolute Gasteiger partial charge is 0.267 e. The molecule has 9 heteroatoms. The standard InChI is InChI=1S/C19H17F2N3O3S/c1-28(26,27)15-9-3-7-13-16(15)19(25)24(17-11(20)5-2-6-12(17)21)18(23-13)14-8-4-10-22-14/h2-3,5-7,9,14,22H,4,8,10H2,1H3/t14-/m0/s1. The maximum Gasteiger partial charge on any atom is 0.267 e. The Balaban J connectivity index is 2.19. The highest BCUT2D eigenvalue weighted by atomic mass is 32.2. The van der Waals surface area contributed by atoms with Gasteiger partial charge < -0.3 is 5.32 Å². The molecular weight excluding hydrogens is 388 g/mol. The summed E-state index contributed by atoms with van der Waals surface area (Å²) < 4.78 is 54.3. The Bertz CT molecular complexity index is 1230. The first kappa shape index (κ1) is 18.7. The maximum atomic E-state index is 14.6. The monoisotopic (exact) mass is 405 g/mol. The molecule has 1 saturated heterocycles. The first-order valence-electron chi connectivity index (χ1n) is 8.72. The molecular formula is C19H17F2N3O3S. The molecule has 3 aromatic rings. The molecule has 1 atom stereocenters. The highest BCUT2D eigenvalue weighted by molar-refractivity contribution is 7.91. The van der Waals surface area contributed by atoms with E-state index in [0.29, 0.717) is 13.0 Å². The van der Waals surface area contributed by atoms with Gasteiger partial charge >= 0.3 is 0 Å². The molecule has 1 N–H and O–H groups in total. The first-order chi connectivity index (χ1) is 13.3. The Morgan fingerprint density at radius 1 is 1.14 bits per heavy atom. The van der Waals surface area contributed by atoms with Crippen LogP contribution in [-0.2, 0) is 9.84 Å². The van der Waals surface area contributed by atoms with E-state index in [-0.39, 0.29) is 27.7 Å². The van der Waals surface area contributed by atoms with Gasteiger partial charge in [-0.05, 0) is 43.7 Å². The third-order valence-corrected chi connectivity index (χ3v) is 5.96. The average Bonchev–Trinajstić information content (AvgIpc) is 3.16. The minimum Gasteiger partial charge on any atom is -0.307 e. The van der Waals surface area contributed by atoms with E-state index in [2.05, 4.69) is 10.3 Å². The number of halogens is 2. The number of aromatic nitrogens is 2. The van der Waals surface area contributed by atoms with Crippen molar-refractivity contribution in [3.05, 3.63) is 64.2 Å². The van der Waals surface area contributed by atoms with E-state index in [9.17, 15) is 22.0 Å². The Kier molecular flexibility index (Phi) is 4.51. The summed E-state index contributed by atoms with van der Waals surface area (Å²) in [5, 5.41) is 2.99. The number of benzene rings is 2. The lowest BCUT2D eigenvalue weighted by molar-refractivity contribution is 0.537. The lowest BCUT2D eigenvalue weighted by atomic mass is 10.1. The zero-order valence-corrected chi connectivity index (χ0v) is 15.8. The summed E-state index contributed by atoms with van der Waals surface area (Å²) in [5.74, 6) is -1.71. The van der Waals surface area contributed by atoms with Crippen LogP contribution in [0.4, 0.5) is 8.78 Å². The van der Waals surface area contributed by atoms with Crippen molar-refractivity contribution in [1.82, 2.24) is 14.9 Å². The van der Waals surface area contributed by atoms with Gasteiger partial charge in [-0.2, -0.15) is 0 Å². The molecule has 1 aromatic heterocycles. The number of para-hydroxylation sites is 1. The largest absolute Gasteiger partial charge is 0.307 e. The fourth-order valence-corrected chi connectivity index (χ4v) is 4.47. The molecule has 0 bridgehead atoms. The molecule has 0 spiro atoms. The predicted octanol–water partition coefficient (Wildman–Crippen LogP) is 2.49. The number of sulfone groups is 1. The molecule has 0 aliphatic carbocycles. The van der Waals surface area contributed by atoms with E-state index in [1.54, 1.807) is 0 Å². The Labute approximate surface area is 159 Å². The van der Waals surface area contributed by atoms with Crippen LogP contribution in [0.1, 0.15) is 24.7 Å². The van der Waals surface area contributed by atoms with Gasteiger partial charge in [0.05, 0.1) is 21.8 Å². The van der Waals surface area contributed by atoms with E-state index < -0.39 is 32.7 Å². The maximum absolute atomic E-state index is 14.6. The normalized spacial score (nSPS) is 17.3. The Morgan fingerprint density at radius 2 is 1.82 bits per heavy atom. The van der Waals surface area contributed by atoms with Crippen molar-refractivity contribution < 1.29 is 17.2 Å². The number of rotatable bonds is 3. The van der Waals surface area contributed by atoms with Gasteiger partial charge in [0, 0.05) is 6.26 Å². The van der Waals surface area contributed by atoms with Crippen LogP contribution < -0.4 is 10.9 Å². The minimum absolute atomic E-state index is 0.157. The number of nitrogens with zero attached hydrogens (tertiary/aromatic N) is 2. The van der Waals surface area contributed by atoms with Crippen LogP contribution in [0, 0.1) is 11.6 Å². The van der Waals surface area contributed by atoms with Crippen LogP contribution in [-0.4, -0.2) is 30.8 Å². The van der Waals surface area contributed by atoms with Gasteiger partial charge in [-0.15, -0.1) is 0 Å². The van der Waals surface area contributed by atoms with E-state index in [4.69, 9.17) is 0 Å². The fourth-order valence-electron chi connectivity index (χ4n) is 3.58. The minimum atomic E-state index is -3.76. The van der Waals surface area contributed by atoms with Crippen LogP contribution in [0.15, 0.2) is 46.1 Å². The molecule has 1 aliphatic heterocycles. The molecule has 0 saturated carbocycles. The summed E-state index contributed by atoms with van der Waals surface area (Å²) in [6, 6.07) is 7.21. The number of hydrogen-bond donors (Lipinski definition) is 1. The molecule has 2 aromatic carbocycles. The number of hydrogen-bond acceptors (Lipinski definition) is 5. The highest BCUT2D eigenvalue weighted by Crippen LogP contribution is 2.28. The molecule has 146 valence electrons. The predicted molar refractivity (Wildman–Crippen MR) is 100 cm³/mol. The number of nitrogens with one attached hydrogen (secondary N) is 1. The molecule has 28 heavy (non-hydrogen) atoms. The second-order valence-electron chi connectivity index (χ2n) is 6.75. The van der Waals surface area contributed by atoms with Crippen molar-refractivity contribution in [2.24, 2.45) is 0 Å². The van der Waals surface area contributed by atoms with Gasteiger partial charge in [0.15, 0.2) is 9.84 Å². The summed E-state index contributed by atoms with van der Waals surface area (Å²) in [6.07, 6.45) is 2.43. The highest BCUT2D eigenvalue weighted by Gasteiger charge is 2.28. The van der Waals surface area contributed by atoms with Crippen molar-refractivity contribution in [3.63, 3.8) is 0 Å². The van der Waals surface area contributed by atoms with Crippen molar-refractivity contribution in [2.75, 3.05) is 12.8 Å². The van der Waals surface area contributed by atoms with Gasteiger partial charge in [0.25, 0.3) is 5.56 Å². The van der Waals surface area contributed by atoms with Crippen LogP contribution in [0.5, 0.6) is 0 Å². The first-order valence-corrected chi connectivity index (χ1v) is 10.6. The van der Waals surface area contributed by atoms with Crippen LogP contribution in [0.3, 0.4) is 0 Å². The van der Waals surface area contributed by atoms with Gasteiger partial charge in [0.1, 0.15) is 23.1 Å². The van der Waals surface area contributed by atoms with Crippen molar-refractivity contribution in [2.45, 2.75) is 23.8 Å². The summed E-state index contributed by atoms with van der Waals surface area (Å²) >= 11 is 0. The molecule has 4 rings (SSSR count). The van der Waals surface area contributed by atoms with Crippen LogP contribution in [0.2, 0.25) is 0 Å². The molecule has 6 nitrogen and oxygen atoms in total. The average molecular weight is 405 g/mol. The molecule has 0 amide bonds. The van der Waals surface area contributed by atoms with Crippen molar-refractivity contribution in [3.8, 4) is 5.69 Å². The third kappa shape index (κ3) is 3.00. The van der Waals surface area contributed by atoms with Crippen molar-refractivity contribution >= 4 is 20.7 Å². The molecule has 1 aliphatic rings. The quantitative estimate of drug-likeness (QED) is 0.724. The van der Waals surface area contributed by atoms with E-state index in [0.717, 1.165) is 29.4 Å². The third-order valence-electron chi connectivity index (χ3n) is 4.82. The van der Waals surface area contributed by atoms with E-state index in [1.807, 2.05) is 0 Å². The Morgan fingerprint density at radius 3 is 2.43 bits per heavy atom. The topological polar surface area (TPSA) is 81.1 Å². The Hall–Kier alpha value is -2.65. The summed E-state index contributed by atoms with van der Waals surface area (Å²) in [4.78, 5) is 17.6. The second-order valence-corrected chi connectivity index (χ2v) is 8.74. The van der Waals surface area contributed by atoms with E-state index >= 15 is 0 Å². The van der Waals surface area contributed by atoms with Crippen molar-refractivity contribution in [1.29, 1.82) is 0 Å². The number of fused-ring (bicyclic) bond motifs is 1. The van der Waals surface area contributed by atoms with Crippen LogP contribution >= 0.6 is 0 Å². The molecule has 0 unspecified atom stereocenters. The van der Waals surface area contributed by atoms with Gasteiger partial charge in [0.2, 0.25) is 0 Å². The second kappa shape index (κ2) is 6.75. The summed E-state index contributed by atoms with van der Waals surface area (Å²) in [7, 11) is -3.76. The zero-order chi connectivity index (χ0) is 20.1. The van der Waals surface area contributed by atoms with E-state index in [1.165, 1.54) is 24.3 Å². The molecule has 0 radical (unpaired) electrons. The SMILES string of the molecule is CS(=O)(=O)c1cccc2nc([C@@H]3CCCN3)n(-c3c(F)cccc3F)c(=O)c12. The van der Waals surface area contributed by atoms with Gasteiger partial charge in [-0.1, -0.05) is 12.1 Å². The lowest BCUT2D eigenvalue weighted by Gasteiger charge is -2.19. The lowest BCUT2D eigenvalue weighted by Crippen LogP contribution is -2.30. The van der Waals surface area contributed by atoms with Crippen LogP contribution in [0.25, 0.3) is 16.6 Å². The molecule has 2 heterocycles. The summed E-state index contributed by atoms with van der Waals surface area (Å²) in [6.45, 7) is 0.682. The zero-order valence-electron chi connectivity index (χ0n) is 14.9. The fraction of sp³-hybridized carbons (Fsp3) is 0.263.